The van der Waals surface area contributed by atoms with E-state index in [1.165, 1.54) is 6.20 Å². The summed E-state index contributed by atoms with van der Waals surface area (Å²) in [6.45, 7) is 0. The molecule has 2 aromatic heterocycles. The first kappa shape index (κ1) is 23.6. The molecule has 0 aliphatic rings. The van der Waals surface area contributed by atoms with Crippen molar-refractivity contribution in [3.8, 4) is 34.6 Å². The van der Waals surface area contributed by atoms with Crippen LogP contribution in [0.2, 0.25) is 0 Å². The number of rotatable bonds is 4. The van der Waals surface area contributed by atoms with Gasteiger partial charge in [0.25, 0.3) is 0 Å². The molecule has 0 aliphatic heterocycles. The van der Waals surface area contributed by atoms with E-state index in [0.717, 1.165) is 25.4 Å². The second kappa shape index (κ2) is 8.68. The second-order valence-electron chi connectivity index (χ2n) is 7.09. The molecule has 0 unspecified atom stereocenters. The standard InChI is InChI=1S/C23H11F6N3O3/c1-34-22-18(3-2-13(24)21(22)26)35-19-5-12(23(27,28)29)14(25)4-11(19)15-6-17(33)20-10(7-30)8-31-9-16(20)32-15/h2-6,8-9H,1H3,(H,32,33). The number of nitrogens with zero attached hydrogens (tertiary/aromatic N) is 2. The monoisotopic (exact) mass is 491 g/mol. The second-order valence-corrected chi connectivity index (χ2v) is 7.09. The van der Waals surface area contributed by atoms with Gasteiger partial charge in [0.1, 0.15) is 17.6 Å². The van der Waals surface area contributed by atoms with E-state index < -0.39 is 51.9 Å². The van der Waals surface area contributed by atoms with Crippen molar-refractivity contribution in [3.63, 3.8) is 0 Å². The Kier molecular flexibility index (Phi) is 5.86. The Morgan fingerprint density at radius 3 is 2.43 bits per heavy atom. The van der Waals surface area contributed by atoms with Crippen LogP contribution in [0.1, 0.15) is 11.1 Å². The number of alkyl halides is 3. The van der Waals surface area contributed by atoms with Crippen LogP contribution in [0.4, 0.5) is 26.3 Å². The number of hydrogen-bond acceptors (Lipinski definition) is 5. The number of pyridine rings is 2. The van der Waals surface area contributed by atoms with E-state index in [1.54, 1.807) is 6.07 Å². The molecule has 0 bridgehead atoms. The number of fused-ring (bicyclic) bond motifs is 1. The molecule has 0 aliphatic carbocycles. The van der Waals surface area contributed by atoms with Gasteiger partial charge in [0.15, 0.2) is 17.0 Å². The molecular weight excluding hydrogens is 480 g/mol. The topological polar surface area (TPSA) is 88.0 Å². The van der Waals surface area contributed by atoms with Crippen LogP contribution in [0.3, 0.4) is 0 Å². The summed E-state index contributed by atoms with van der Waals surface area (Å²) < 4.78 is 92.6. The van der Waals surface area contributed by atoms with Gasteiger partial charge in [-0.3, -0.25) is 9.78 Å². The third kappa shape index (κ3) is 4.23. The van der Waals surface area contributed by atoms with Gasteiger partial charge in [0.2, 0.25) is 11.6 Å². The van der Waals surface area contributed by atoms with Crippen LogP contribution in [0.15, 0.2) is 47.5 Å². The van der Waals surface area contributed by atoms with Crippen molar-refractivity contribution in [3.05, 3.63) is 81.5 Å². The average Bonchev–Trinajstić information content (AvgIpc) is 2.81. The van der Waals surface area contributed by atoms with E-state index >= 15 is 0 Å². The molecule has 0 saturated heterocycles. The highest BCUT2D eigenvalue weighted by Gasteiger charge is 2.36. The van der Waals surface area contributed by atoms with Crippen molar-refractivity contribution >= 4 is 10.9 Å². The van der Waals surface area contributed by atoms with Crippen LogP contribution in [0.5, 0.6) is 17.2 Å². The van der Waals surface area contributed by atoms with E-state index in [1.807, 2.05) is 0 Å². The number of benzene rings is 2. The number of methoxy groups -OCH3 is 1. The smallest absolute Gasteiger partial charge is 0.419 e. The molecule has 35 heavy (non-hydrogen) atoms. The molecule has 0 radical (unpaired) electrons. The predicted octanol–water partition coefficient (Wildman–Crippen LogP) is 5.70. The lowest BCUT2D eigenvalue weighted by molar-refractivity contribution is -0.140. The van der Waals surface area contributed by atoms with Crippen LogP contribution < -0.4 is 14.9 Å². The van der Waals surface area contributed by atoms with E-state index in [-0.39, 0.29) is 27.7 Å². The molecule has 1 N–H and O–H groups in total. The molecule has 12 heteroatoms. The lowest BCUT2D eigenvalue weighted by atomic mass is 10.0. The van der Waals surface area contributed by atoms with E-state index in [4.69, 9.17) is 9.47 Å². The minimum atomic E-state index is -5.12. The van der Waals surface area contributed by atoms with Crippen molar-refractivity contribution in [1.29, 1.82) is 5.26 Å². The molecule has 0 atom stereocenters. The van der Waals surface area contributed by atoms with Crippen molar-refractivity contribution in [1.82, 2.24) is 9.97 Å². The molecule has 0 saturated carbocycles. The SMILES string of the molecule is COc1c(Oc2cc(C(F)(F)F)c(F)cc2-c2cc(=O)c3c(C#N)cncc3[nH]2)ccc(F)c1F. The molecule has 4 rings (SSSR count). The van der Waals surface area contributed by atoms with Crippen molar-refractivity contribution < 1.29 is 35.8 Å². The summed E-state index contributed by atoms with van der Waals surface area (Å²) in [5, 5.41) is 9.16. The number of aromatic amines is 1. The van der Waals surface area contributed by atoms with Gasteiger partial charge in [-0.15, -0.1) is 0 Å². The average molecular weight is 491 g/mol. The summed E-state index contributed by atoms with van der Waals surface area (Å²) in [6, 6.07) is 5.09. The Morgan fingerprint density at radius 1 is 1.03 bits per heavy atom. The minimum absolute atomic E-state index is 0.0385. The summed E-state index contributed by atoms with van der Waals surface area (Å²) in [5.74, 6) is -6.35. The van der Waals surface area contributed by atoms with Crippen LogP contribution in [0, 0.1) is 28.8 Å². The first-order valence-electron chi connectivity index (χ1n) is 9.57. The summed E-state index contributed by atoms with van der Waals surface area (Å²) in [6.07, 6.45) is -2.78. The maximum Gasteiger partial charge on any atom is 0.419 e. The van der Waals surface area contributed by atoms with Crippen molar-refractivity contribution in [2.75, 3.05) is 7.11 Å². The Bertz CT molecular complexity index is 1570. The van der Waals surface area contributed by atoms with Gasteiger partial charge in [-0.25, -0.2) is 8.78 Å². The van der Waals surface area contributed by atoms with Gasteiger partial charge in [0, 0.05) is 17.8 Å². The zero-order valence-electron chi connectivity index (χ0n) is 17.4. The van der Waals surface area contributed by atoms with Crippen LogP contribution >= 0.6 is 0 Å². The van der Waals surface area contributed by atoms with Gasteiger partial charge in [-0.05, 0) is 24.3 Å². The number of aromatic nitrogens is 2. The Balaban J connectivity index is 1.99. The Morgan fingerprint density at radius 2 is 1.77 bits per heavy atom. The third-order valence-electron chi connectivity index (χ3n) is 4.96. The van der Waals surface area contributed by atoms with Crippen LogP contribution in [-0.4, -0.2) is 17.1 Å². The third-order valence-corrected chi connectivity index (χ3v) is 4.96. The number of ether oxygens (including phenoxy) is 2. The maximum absolute atomic E-state index is 14.5. The van der Waals surface area contributed by atoms with Gasteiger partial charge in [0.05, 0.1) is 41.0 Å². The molecule has 2 heterocycles. The molecule has 4 aromatic rings. The van der Waals surface area contributed by atoms with Gasteiger partial charge in [-0.1, -0.05) is 0 Å². The molecule has 6 nitrogen and oxygen atoms in total. The molecular formula is C23H11F6N3O3. The van der Waals surface area contributed by atoms with Crippen LogP contribution in [0.25, 0.3) is 22.2 Å². The molecule has 2 aromatic carbocycles. The zero-order chi connectivity index (χ0) is 25.5. The highest BCUT2D eigenvalue weighted by molar-refractivity contribution is 5.86. The first-order chi connectivity index (χ1) is 16.5. The fourth-order valence-electron chi connectivity index (χ4n) is 3.40. The Hall–Kier alpha value is -4.53. The number of nitriles is 1. The summed E-state index contributed by atoms with van der Waals surface area (Å²) in [4.78, 5) is 19.2. The predicted molar refractivity (Wildman–Crippen MR) is 110 cm³/mol. The normalized spacial score (nSPS) is 11.4. The number of nitrogens with one attached hydrogen (secondary N) is 1. The van der Waals surface area contributed by atoms with E-state index in [0.29, 0.717) is 18.2 Å². The molecule has 178 valence electrons. The number of halogens is 6. The van der Waals surface area contributed by atoms with Gasteiger partial charge >= 0.3 is 6.18 Å². The quantitative estimate of drug-likeness (QED) is 0.370. The van der Waals surface area contributed by atoms with Crippen LogP contribution in [-0.2, 0) is 6.18 Å². The highest BCUT2D eigenvalue weighted by Crippen LogP contribution is 2.43. The lowest BCUT2D eigenvalue weighted by Gasteiger charge is -2.17. The lowest BCUT2D eigenvalue weighted by Crippen LogP contribution is -2.10. The summed E-state index contributed by atoms with van der Waals surface area (Å²) in [7, 11) is 0.984. The molecule has 0 fully saturated rings. The number of hydrogen-bond donors (Lipinski definition) is 1. The number of H-pyrrole nitrogens is 1. The van der Waals surface area contributed by atoms with Crippen molar-refractivity contribution in [2.24, 2.45) is 0 Å². The van der Waals surface area contributed by atoms with Gasteiger partial charge in [-0.2, -0.15) is 22.8 Å². The largest absolute Gasteiger partial charge is 0.490 e. The molecule has 0 amide bonds. The zero-order valence-corrected chi connectivity index (χ0v) is 17.4. The summed E-state index contributed by atoms with van der Waals surface area (Å²) >= 11 is 0. The molecule has 0 spiro atoms. The highest BCUT2D eigenvalue weighted by atomic mass is 19.4. The first-order valence-corrected chi connectivity index (χ1v) is 9.57. The fourth-order valence-corrected chi connectivity index (χ4v) is 3.40. The Labute approximate surface area is 192 Å². The summed E-state index contributed by atoms with van der Waals surface area (Å²) in [5.41, 5.74) is -2.97. The maximum atomic E-state index is 14.5. The van der Waals surface area contributed by atoms with E-state index in [9.17, 15) is 36.4 Å². The minimum Gasteiger partial charge on any atom is -0.490 e. The van der Waals surface area contributed by atoms with Gasteiger partial charge < -0.3 is 14.5 Å². The van der Waals surface area contributed by atoms with E-state index in [2.05, 4.69) is 9.97 Å². The van der Waals surface area contributed by atoms with Crippen molar-refractivity contribution in [2.45, 2.75) is 6.18 Å². The fraction of sp³-hybridized carbons (Fsp3) is 0.0870.